The number of carboxylic acid groups (broad SMARTS) is 1. The average molecular weight is 390 g/mol. The molecular formula is C13H7BrCl2N2O3. The second-order valence-corrected chi connectivity index (χ2v) is 5.63. The largest absolute Gasteiger partial charge is 0.478 e. The van der Waals surface area contributed by atoms with Gasteiger partial charge in [-0.1, -0.05) is 23.2 Å². The molecule has 0 saturated carbocycles. The van der Waals surface area contributed by atoms with Crippen LogP contribution in [0.2, 0.25) is 10.0 Å². The minimum absolute atomic E-state index is 0.0223. The zero-order chi connectivity index (χ0) is 15.6. The molecular weight excluding hydrogens is 383 g/mol. The molecule has 0 atom stereocenters. The number of halogens is 3. The first-order chi connectivity index (χ1) is 9.90. The van der Waals surface area contributed by atoms with Crippen molar-refractivity contribution < 1.29 is 14.7 Å². The molecule has 0 aliphatic rings. The van der Waals surface area contributed by atoms with E-state index in [-0.39, 0.29) is 27.0 Å². The summed E-state index contributed by atoms with van der Waals surface area (Å²) in [6.07, 6.45) is 1.45. The predicted molar refractivity (Wildman–Crippen MR) is 83.3 cm³/mol. The number of aromatic carboxylic acids is 1. The quantitative estimate of drug-likeness (QED) is 0.828. The van der Waals surface area contributed by atoms with Gasteiger partial charge in [0.15, 0.2) is 0 Å². The van der Waals surface area contributed by atoms with E-state index in [2.05, 4.69) is 26.2 Å². The summed E-state index contributed by atoms with van der Waals surface area (Å²) >= 11 is 15.0. The number of anilines is 1. The fourth-order valence-corrected chi connectivity index (χ4v) is 2.25. The molecule has 8 heteroatoms. The van der Waals surface area contributed by atoms with Crippen LogP contribution in [-0.4, -0.2) is 22.0 Å². The summed E-state index contributed by atoms with van der Waals surface area (Å²) in [7, 11) is 0. The lowest BCUT2D eigenvalue weighted by atomic mass is 10.1. The van der Waals surface area contributed by atoms with E-state index >= 15 is 0 Å². The summed E-state index contributed by atoms with van der Waals surface area (Å²) in [6.45, 7) is 0. The van der Waals surface area contributed by atoms with Gasteiger partial charge in [-0.05, 0) is 40.2 Å². The smallest absolute Gasteiger partial charge is 0.339 e. The van der Waals surface area contributed by atoms with Crippen molar-refractivity contribution in [3.8, 4) is 0 Å². The van der Waals surface area contributed by atoms with Crippen molar-refractivity contribution in [1.29, 1.82) is 0 Å². The third-order valence-electron chi connectivity index (χ3n) is 2.52. The van der Waals surface area contributed by atoms with Crippen LogP contribution in [0.5, 0.6) is 0 Å². The van der Waals surface area contributed by atoms with Crippen molar-refractivity contribution in [3.63, 3.8) is 0 Å². The van der Waals surface area contributed by atoms with Crippen LogP contribution in [0, 0.1) is 0 Å². The number of carbonyl (C=O) groups is 2. The summed E-state index contributed by atoms with van der Waals surface area (Å²) in [5.74, 6) is -1.88. The van der Waals surface area contributed by atoms with E-state index in [9.17, 15) is 14.7 Å². The molecule has 0 fully saturated rings. The third kappa shape index (κ3) is 3.53. The summed E-state index contributed by atoms with van der Waals surface area (Å²) in [5, 5.41) is 11.6. The van der Waals surface area contributed by atoms with Crippen LogP contribution in [0.1, 0.15) is 20.8 Å². The average Bonchev–Trinajstić information content (AvgIpc) is 2.43. The molecule has 2 N–H and O–H groups in total. The molecule has 0 aliphatic heterocycles. The molecule has 21 heavy (non-hydrogen) atoms. The molecule has 0 radical (unpaired) electrons. The summed E-state index contributed by atoms with van der Waals surface area (Å²) < 4.78 is 0.714. The highest BCUT2D eigenvalue weighted by Crippen LogP contribution is 2.32. The van der Waals surface area contributed by atoms with E-state index in [1.807, 2.05) is 0 Å². The highest BCUT2D eigenvalue weighted by Gasteiger charge is 2.20. The molecule has 2 rings (SSSR count). The number of hydrogen-bond acceptors (Lipinski definition) is 3. The standard InChI is InChI=1S/C13H7BrCl2N2O3/c14-6-1-4-9(17-5-6)12(19)18-11-8(16)3-2-7(15)10(11)13(20)21/h1-5H,(H,18,19)(H,20,21). The number of benzene rings is 1. The van der Waals surface area contributed by atoms with Crippen molar-refractivity contribution >= 4 is 56.7 Å². The fourth-order valence-electron chi connectivity index (χ4n) is 1.57. The third-order valence-corrected chi connectivity index (χ3v) is 3.62. The van der Waals surface area contributed by atoms with E-state index in [0.717, 1.165) is 0 Å². The van der Waals surface area contributed by atoms with Crippen LogP contribution in [-0.2, 0) is 0 Å². The molecule has 0 bridgehead atoms. The molecule has 0 saturated heterocycles. The molecule has 0 spiro atoms. The van der Waals surface area contributed by atoms with Gasteiger partial charge < -0.3 is 10.4 Å². The number of carbonyl (C=O) groups excluding carboxylic acids is 1. The van der Waals surface area contributed by atoms with Gasteiger partial charge in [0.25, 0.3) is 5.91 Å². The second kappa shape index (κ2) is 6.43. The zero-order valence-electron chi connectivity index (χ0n) is 10.2. The lowest BCUT2D eigenvalue weighted by molar-refractivity contribution is 0.0698. The van der Waals surface area contributed by atoms with E-state index in [4.69, 9.17) is 23.2 Å². The Morgan fingerprint density at radius 1 is 1.14 bits per heavy atom. The van der Waals surface area contributed by atoms with Gasteiger partial charge >= 0.3 is 5.97 Å². The van der Waals surface area contributed by atoms with Gasteiger partial charge in [0.2, 0.25) is 0 Å². The first-order valence-corrected chi connectivity index (χ1v) is 7.09. The van der Waals surface area contributed by atoms with Crippen LogP contribution in [0.25, 0.3) is 0 Å². The van der Waals surface area contributed by atoms with Gasteiger partial charge in [0.05, 0.1) is 15.7 Å². The van der Waals surface area contributed by atoms with Gasteiger partial charge in [-0.25, -0.2) is 9.78 Å². The van der Waals surface area contributed by atoms with Crippen molar-refractivity contribution in [2.75, 3.05) is 5.32 Å². The number of nitrogens with one attached hydrogen (secondary N) is 1. The highest BCUT2D eigenvalue weighted by atomic mass is 79.9. The Balaban J connectivity index is 2.39. The van der Waals surface area contributed by atoms with Crippen molar-refractivity contribution in [1.82, 2.24) is 4.98 Å². The number of pyridine rings is 1. The molecule has 1 amide bonds. The van der Waals surface area contributed by atoms with Gasteiger partial charge in [-0.3, -0.25) is 4.79 Å². The van der Waals surface area contributed by atoms with E-state index in [1.165, 1.54) is 24.4 Å². The second-order valence-electron chi connectivity index (χ2n) is 3.90. The number of nitrogens with zero attached hydrogens (tertiary/aromatic N) is 1. The van der Waals surface area contributed by atoms with Crippen LogP contribution < -0.4 is 5.32 Å². The minimum atomic E-state index is -1.29. The first-order valence-electron chi connectivity index (χ1n) is 5.54. The Hall–Kier alpha value is -1.63. The molecule has 1 aromatic carbocycles. The Bertz CT molecular complexity index is 720. The van der Waals surface area contributed by atoms with Crippen LogP contribution >= 0.6 is 39.1 Å². The summed E-state index contributed by atoms with van der Waals surface area (Å²) in [4.78, 5) is 27.2. The minimum Gasteiger partial charge on any atom is -0.478 e. The topological polar surface area (TPSA) is 79.3 Å². The van der Waals surface area contributed by atoms with Crippen LogP contribution in [0.15, 0.2) is 34.9 Å². The monoisotopic (exact) mass is 388 g/mol. The first kappa shape index (κ1) is 15.8. The van der Waals surface area contributed by atoms with E-state index in [0.29, 0.717) is 4.47 Å². The fraction of sp³-hybridized carbons (Fsp3) is 0. The van der Waals surface area contributed by atoms with Gasteiger partial charge in [-0.2, -0.15) is 0 Å². The van der Waals surface area contributed by atoms with E-state index in [1.54, 1.807) is 6.07 Å². The maximum atomic E-state index is 12.1. The molecule has 1 heterocycles. The molecule has 5 nitrogen and oxygen atoms in total. The van der Waals surface area contributed by atoms with Gasteiger partial charge in [-0.15, -0.1) is 0 Å². The lowest BCUT2D eigenvalue weighted by Crippen LogP contribution is -2.16. The molecule has 108 valence electrons. The maximum absolute atomic E-state index is 12.1. The highest BCUT2D eigenvalue weighted by molar-refractivity contribution is 9.10. The lowest BCUT2D eigenvalue weighted by Gasteiger charge is -2.11. The Kier molecular flexibility index (Phi) is 4.82. The number of hydrogen-bond donors (Lipinski definition) is 2. The molecule has 2 aromatic rings. The van der Waals surface area contributed by atoms with Crippen molar-refractivity contribution in [2.45, 2.75) is 0 Å². The van der Waals surface area contributed by atoms with Gasteiger partial charge in [0.1, 0.15) is 11.3 Å². The maximum Gasteiger partial charge on any atom is 0.339 e. The Morgan fingerprint density at radius 2 is 1.81 bits per heavy atom. The predicted octanol–water partition coefficient (Wildman–Crippen LogP) is 4.10. The summed E-state index contributed by atoms with van der Waals surface area (Å²) in [6, 6.07) is 5.87. The number of aromatic nitrogens is 1. The normalized spacial score (nSPS) is 10.2. The Labute approximate surface area is 138 Å². The zero-order valence-corrected chi connectivity index (χ0v) is 13.3. The number of amides is 1. The SMILES string of the molecule is O=C(Nc1c(Cl)ccc(Cl)c1C(=O)O)c1ccc(Br)cn1. The molecule has 0 unspecified atom stereocenters. The van der Waals surface area contributed by atoms with Gasteiger partial charge in [0, 0.05) is 10.7 Å². The molecule has 1 aromatic heterocycles. The van der Waals surface area contributed by atoms with Crippen molar-refractivity contribution in [3.05, 3.63) is 56.2 Å². The number of rotatable bonds is 3. The number of carboxylic acids is 1. The Morgan fingerprint density at radius 3 is 2.38 bits per heavy atom. The summed E-state index contributed by atoms with van der Waals surface area (Å²) in [5.41, 5.74) is -0.216. The molecule has 0 aliphatic carbocycles. The van der Waals surface area contributed by atoms with Crippen LogP contribution in [0.4, 0.5) is 5.69 Å². The van der Waals surface area contributed by atoms with E-state index < -0.39 is 11.9 Å². The van der Waals surface area contributed by atoms with Crippen LogP contribution in [0.3, 0.4) is 0 Å². The van der Waals surface area contributed by atoms with Crippen molar-refractivity contribution in [2.24, 2.45) is 0 Å².